The molecule has 5 heteroatoms. The fourth-order valence-electron chi connectivity index (χ4n) is 3.96. The van der Waals surface area contributed by atoms with Crippen molar-refractivity contribution in [1.29, 1.82) is 0 Å². The first-order chi connectivity index (χ1) is 10.8. The highest BCUT2D eigenvalue weighted by molar-refractivity contribution is 7.07. The van der Waals surface area contributed by atoms with Crippen LogP contribution in [0.2, 0.25) is 0 Å². The van der Waals surface area contributed by atoms with E-state index in [0.717, 1.165) is 19.1 Å². The van der Waals surface area contributed by atoms with Gasteiger partial charge in [0.1, 0.15) is 0 Å². The Kier molecular flexibility index (Phi) is 3.80. The molecule has 1 N–H and O–H groups in total. The van der Waals surface area contributed by atoms with Gasteiger partial charge in [-0.05, 0) is 66.2 Å². The lowest BCUT2D eigenvalue weighted by atomic mass is 9.93. The summed E-state index contributed by atoms with van der Waals surface area (Å²) in [6.45, 7) is 4.45. The molecule has 1 aliphatic carbocycles. The van der Waals surface area contributed by atoms with Crippen molar-refractivity contribution in [2.45, 2.75) is 38.4 Å². The van der Waals surface area contributed by atoms with Gasteiger partial charge < -0.3 is 5.32 Å². The standard InChI is InChI=1S/C17H24N4S/c1-20-15(2-6-19-20)12-21(11-14-3-9-22-13-14)16-10-17(16)4-7-18-8-5-17/h2-3,6,9,13,16,18H,4-5,7-8,10-12H2,1H3. The zero-order valence-corrected chi connectivity index (χ0v) is 14.0. The van der Waals surface area contributed by atoms with Gasteiger partial charge in [-0.1, -0.05) is 0 Å². The van der Waals surface area contributed by atoms with Crippen LogP contribution < -0.4 is 5.32 Å². The van der Waals surface area contributed by atoms with Crippen molar-refractivity contribution < 1.29 is 0 Å². The highest BCUT2D eigenvalue weighted by Gasteiger charge is 2.56. The lowest BCUT2D eigenvalue weighted by Crippen LogP contribution is -2.36. The lowest BCUT2D eigenvalue weighted by Gasteiger charge is -2.29. The van der Waals surface area contributed by atoms with Gasteiger partial charge in [0.2, 0.25) is 0 Å². The first-order valence-corrected chi connectivity index (χ1v) is 9.14. The number of thiophene rings is 1. The molecule has 22 heavy (non-hydrogen) atoms. The minimum Gasteiger partial charge on any atom is -0.317 e. The third kappa shape index (κ3) is 2.73. The van der Waals surface area contributed by atoms with E-state index in [4.69, 9.17) is 0 Å². The first kappa shape index (κ1) is 14.4. The Morgan fingerprint density at radius 2 is 2.23 bits per heavy atom. The number of piperidine rings is 1. The molecule has 2 aromatic heterocycles. The van der Waals surface area contributed by atoms with Crippen LogP contribution in [0.3, 0.4) is 0 Å². The number of hydrogen-bond donors (Lipinski definition) is 1. The largest absolute Gasteiger partial charge is 0.317 e. The Labute approximate surface area is 136 Å². The summed E-state index contributed by atoms with van der Waals surface area (Å²) in [5, 5.41) is 12.3. The summed E-state index contributed by atoms with van der Waals surface area (Å²) >= 11 is 1.80. The molecule has 1 aliphatic heterocycles. The molecule has 4 nitrogen and oxygen atoms in total. The number of nitrogens with zero attached hydrogens (tertiary/aromatic N) is 3. The molecule has 0 aromatic carbocycles. The highest BCUT2D eigenvalue weighted by Crippen LogP contribution is 2.56. The summed E-state index contributed by atoms with van der Waals surface area (Å²) in [6, 6.07) is 5.15. The molecule has 0 amide bonds. The molecule has 2 aliphatic rings. The Morgan fingerprint density at radius 1 is 1.36 bits per heavy atom. The molecule has 4 rings (SSSR count). The highest BCUT2D eigenvalue weighted by atomic mass is 32.1. The normalized spacial score (nSPS) is 23.3. The van der Waals surface area contributed by atoms with Gasteiger partial charge in [0.25, 0.3) is 0 Å². The van der Waals surface area contributed by atoms with Crippen LogP contribution in [0.25, 0.3) is 0 Å². The van der Waals surface area contributed by atoms with E-state index in [9.17, 15) is 0 Å². The number of aromatic nitrogens is 2. The molecule has 0 bridgehead atoms. The molecule has 0 radical (unpaired) electrons. The minimum absolute atomic E-state index is 0.583. The van der Waals surface area contributed by atoms with Crippen molar-refractivity contribution >= 4 is 11.3 Å². The fraction of sp³-hybridized carbons (Fsp3) is 0.588. The quantitative estimate of drug-likeness (QED) is 0.920. The summed E-state index contributed by atoms with van der Waals surface area (Å²) in [5.41, 5.74) is 3.34. The minimum atomic E-state index is 0.583. The maximum Gasteiger partial charge on any atom is 0.0521 e. The van der Waals surface area contributed by atoms with Crippen molar-refractivity contribution in [1.82, 2.24) is 20.0 Å². The van der Waals surface area contributed by atoms with Crippen molar-refractivity contribution in [3.8, 4) is 0 Å². The smallest absolute Gasteiger partial charge is 0.0521 e. The summed E-state index contributed by atoms with van der Waals surface area (Å²) in [5.74, 6) is 0. The maximum atomic E-state index is 4.33. The average Bonchev–Trinajstić information content (AvgIpc) is 2.90. The maximum absolute atomic E-state index is 4.33. The van der Waals surface area contributed by atoms with Gasteiger partial charge >= 0.3 is 0 Å². The summed E-state index contributed by atoms with van der Waals surface area (Å²) in [6.07, 6.45) is 5.95. The van der Waals surface area contributed by atoms with Crippen LogP contribution in [0.15, 0.2) is 29.1 Å². The second kappa shape index (κ2) is 5.80. The third-order valence-electron chi connectivity index (χ3n) is 5.44. The number of aryl methyl sites for hydroxylation is 1. The predicted octanol–water partition coefficient (Wildman–Crippen LogP) is 2.63. The van der Waals surface area contributed by atoms with E-state index in [1.165, 1.54) is 43.6 Å². The molecule has 2 aromatic rings. The summed E-state index contributed by atoms with van der Waals surface area (Å²) in [7, 11) is 2.05. The van der Waals surface area contributed by atoms with Crippen LogP contribution in [0, 0.1) is 5.41 Å². The molecule has 1 spiro atoms. The van der Waals surface area contributed by atoms with E-state index in [1.807, 2.05) is 17.9 Å². The first-order valence-electron chi connectivity index (χ1n) is 8.20. The van der Waals surface area contributed by atoms with E-state index in [0.29, 0.717) is 5.41 Å². The predicted molar refractivity (Wildman–Crippen MR) is 89.7 cm³/mol. The Hall–Kier alpha value is -1.17. The molecule has 1 atom stereocenters. The van der Waals surface area contributed by atoms with Crippen LogP contribution in [0.5, 0.6) is 0 Å². The number of hydrogen-bond acceptors (Lipinski definition) is 4. The van der Waals surface area contributed by atoms with Crippen LogP contribution >= 0.6 is 11.3 Å². The van der Waals surface area contributed by atoms with E-state index in [1.54, 1.807) is 11.3 Å². The van der Waals surface area contributed by atoms with Gasteiger partial charge in [-0.25, -0.2) is 0 Å². The van der Waals surface area contributed by atoms with Crippen LogP contribution in [0.4, 0.5) is 0 Å². The van der Waals surface area contributed by atoms with Gasteiger partial charge in [-0.3, -0.25) is 9.58 Å². The van der Waals surface area contributed by atoms with Crippen LogP contribution in [0.1, 0.15) is 30.5 Å². The van der Waals surface area contributed by atoms with Gasteiger partial charge in [0.15, 0.2) is 0 Å². The number of rotatable bonds is 5. The van der Waals surface area contributed by atoms with E-state index >= 15 is 0 Å². The Balaban J connectivity index is 1.52. The Bertz CT molecular complexity index is 612. The zero-order valence-electron chi connectivity index (χ0n) is 13.2. The monoisotopic (exact) mass is 316 g/mol. The van der Waals surface area contributed by atoms with E-state index in [-0.39, 0.29) is 0 Å². The molecular formula is C17H24N4S. The second-order valence-corrected chi connectivity index (χ2v) is 7.60. The van der Waals surface area contributed by atoms with Crippen molar-refractivity contribution in [3.63, 3.8) is 0 Å². The molecule has 3 heterocycles. The Morgan fingerprint density at radius 3 is 2.91 bits per heavy atom. The third-order valence-corrected chi connectivity index (χ3v) is 6.17. The topological polar surface area (TPSA) is 33.1 Å². The van der Waals surface area contributed by atoms with Crippen molar-refractivity contribution in [2.75, 3.05) is 13.1 Å². The average molecular weight is 316 g/mol. The second-order valence-electron chi connectivity index (χ2n) is 6.82. The van der Waals surface area contributed by atoms with Crippen molar-refractivity contribution in [3.05, 3.63) is 40.3 Å². The molecule has 1 unspecified atom stereocenters. The van der Waals surface area contributed by atoms with Gasteiger partial charge in [0.05, 0.1) is 5.69 Å². The molecular weight excluding hydrogens is 292 g/mol. The molecule has 1 saturated heterocycles. The van der Waals surface area contributed by atoms with Gasteiger partial charge in [-0.2, -0.15) is 16.4 Å². The lowest BCUT2D eigenvalue weighted by molar-refractivity contribution is 0.184. The molecule has 118 valence electrons. The van der Waals surface area contributed by atoms with E-state index in [2.05, 4.69) is 38.2 Å². The van der Waals surface area contributed by atoms with Gasteiger partial charge in [0, 0.05) is 32.4 Å². The van der Waals surface area contributed by atoms with Gasteiger partial charge in [-0.15, -0.1) is 0 Å². The SMILES string of the molecule is Cn1nccc1CN(Cc1ccsc1)C1CC12CCNCC2. The number of nitrogens with one attached hydrogen (secondary N) is 1. The fourth-order valence-corrected chi connectivity index (χ4v) is 4.62. The molecule has 2 fully saturated rings. The zero-order chi connectivity index (χ0) is 15.0. The molecule has 1 saturated carbocycles. The van der Waals surface area contributed by atoms with Crippen LogP contribution in [-0.4, -0.2) is 33.8 Å². The summed E-state index contributed by atoms with van der Waals surface area (Å²) < 4.78 is 2.01. The summed E-state index contributed by atoms with van der Waals surface area (Å²) in [4.78, 5) is 2.68. The van der Waals surface area contributed by atoms with Crippen molar-refractivity contribution in [2.24, 2.45) is 12.5 Å². The van der Waals surface area contributed by atoms with Crippen LogP contribution in [-0.2, 0) is 20.1 Å². The van der Waals surface area contributed by atoms with E-state index < -0.39 is 0 Å².